The first-order chi connectivity index (χ1) is 10.1. The number of aromatic hydroxyl groups is 1. The minimum Gasteiger partial charge on any atom is -0.508 e. The lowest BCUT2D eigenvalue weighted by Crippen LogP contribution is -2.19. The molecule has 2 N–H and O–H groups in total. The van der Waals surface area contributed by atoms with E-state index in [2.05, 4.69) is 29.6 Å². The van der Waals surface area contributed by atoms with Crippen LogP contribution in [-0.2, 0) is 6.42 Å². The highest BCUT2D eigenvalue weighted by Crippen LogP contribution is 2.10. The molecule has 0 saturated carbocycles. The van der Waals surface area contributed by atoms with E-state index >= 15 is 0 Å². The van der Waals surface area contributed by atoms with Crippen LogP contribution in [0.25, 0.3) is 0 Å². The number of benzene rings is 2. The number of carbonyl (C=O) groups is 1. The van der Waals surface area contributed by atoms with Gasteiger partial charge in [-0.2, -0.15) is 5.10 Å². The molecule has 0 aromatic heterocycles. The molecular weight excluding hydrogens is 264 g/mol. The minimum absolute atomic E-state index is 0.127. The molecule has 4 heteroatoms. The van der Waals surface area contributed by atoms with Gasteiger partial charge in [0.2, 0.25) is 0 Å². The molecule has 2 aromatic rings. The average molecular weight is 282 g/mol. The van der Waals surface area contributed by atoms with Crippen LogP contribution in [0.5, 0.6) is 5.75 Å². The molecule has 0 aliphatic carbocycles. The first-order valence-corrected chi connectivity index (χ1v) is 6.83. The van der Waals surface area contributed by atoms with Gasteiger partial charge in [-0.15, -0.1) is 0 Å². The van der Waals surface area contributed by atoms with Gasteiger partial charge in [-0.25, -0.2) is 5.43 Å². The van der Waals surface area contributed by atoms with Crippen molar-refractivity contribution in [3.05, 3.63) is 65.2 Å². The van der Waals surface area contributed by atoms with Crippen LogP contribution in [0.3, 0.4) is 0 Å². The Labute approximate surface area is 124 Å². The highest BCUT2D eigenvalue weighted by atomic mass is 16.3. The Balaban J connectivity index is 2.05. The maximum absolute atomic E-state index is 11.9. The van der Waals surface area contributed by atoms with Crippen molar-refractivity contribution in [1.29, 1.82) is 0 Å². The molecule has 2 rings (SSSR count). The summed E-state index contributed by atoms with van der Waals surface area (Å²) in [6, 6.07) is 14.1. The van der Waals surface area contributed by atoms with Crippen LogP contribution < -0.4 is 5.43 Å². The third-order valence-corrected chi connectivity index (χ3v) is 3.23. The summed E-state index contributed by atoms with van der Waals surface area (Å²) in [5.41, 5.74) is 5.94. The maximum atomic E-state index is 11.9. The summed E-state index contributed by atoms with van der Waals surface area (Å²) in [6.07, 6.45) is 0.994. The Hall–Kier alpha value is -2.62. The fraction of sp³-hybridized carbons (Fsp3) is 0.176. The fourth-order valence-corrected chi connectivity index (χ4v) is 1.86. The molecule has 0 aliphatic rings. The normalized spacial score (nSPS) is 11.2. The third kappa shape index (κ3) is 3.92. The maximum Gasteiger partial charge on any atom is 0.271 e. The molecule has 0 spiro atoms. The van der Waals surface area contributed by atoms with E-state index < -0.39 is 0 Å². The number of carbonyl (C=O) groups excluding carboxylic acids is 1. The van der Waals surface area contributed by atoms with Crippen molar-refractivity contribution in [2.75, 3.05) is 0 Å². The number of rotatable bonds is 4. The Morgan fingerprint density at radius 1 is 1.05 bits per heavy atom. The van der Waals surface area contributed by atoms with Gasteiger partial charge < -0.3 is 5.11 Å². The first kappa shape index (κ1) is 14.8. The van der Waals surface area contributed by atoms with Crippen molar-refractivity contribution in [2.45, 2.75) is 20.3 Å². The zero-order chi connectivity index (χ0) is 15.2. The molecule has 0 aliphatic heterocycles. The lowest BCUT2D eigenvalue weighted by atomic mass is 10.1. The van der Waals surface area contributed by atoms with E-state index in [-0.39, 0.29) is 11.7 Å². The quantitative estimate of drug-likeness (QED) is 0.668. The summed E-state index contributed by atoms with van der Waals surface area (Å²) in [7, 11) is 0. The van der Waals surface area contributed by atoms with Crippen LogP contribution in [-0.4, -0.2) is 16.7 Å². The van der Waals surface area contributed by atoms with Gasteiger partial charge in [0.05, 0.1) is 5.71 Å². The molecule has 0 saturated heterocycles. The van der Waals surface area contributed by atoms with Crippen LogP contribution in [0.4, 0.5) is 0 Å². The van der Waals surface area contributed by atoms with Crippen molar-refractivity contribution in [3.63, 3.8) is 0 Å². The summed E-state index contributed by atoms with van der Waals surface area (Å²) in [4.78, 5) is 11.9. The van der Waals surface area contributed by atoms with E-state index in [9.17, 15) is 9.90 Å². The van der Waals surface area contributed by atoms with Gasteiger partial charge in [-0.3, -0.25) is 4.79 Å². The monoisotopic (exact) mass is 282 g/mol. The number of phenolic OH excluding ortho intramolecular Hbond substituents is 1. The molecular formula is C17H18N2O2. The van der Waals surface area contributed by atoms with Gasteiger partial charge in [-0.05, 0) is 48.7 Å². The van der Waals surface area contributed by atoms with Crippen molar-refractivity contribution in [1.82, 2.24) is 5.43 Å². The average Bonchev–Trinajstić information content (AvgIpc) is 2.53. The van der Waals surface area contributed by atoms with E-state index in [1.165, 1.54) is 17.7 Å². The topological polar surface area (TPSA) is 61.7 Å². The number of hydrogen-bond acceptors (Lipinski definition) is 3. The zero-order valence-electron chi connectivity index (χ0n) is 12.1. The Kier molecular flexibility index (Phi) is 4.72. The zero-order valence-corrected chi connectivity index (χ0v) is 12.1. The van der Waals surface area contributed by atoms with Gasteiger partial charge >= 0.3 is 0 Å². The molecule has 0 unspecified atom stereocenters. The molecule has 0 fully saturated rings. The van der Waals surface area contributed by atoms with Crippen molar-refractivity contribution in [2.24, 2.45) is 5.10 Å². The predicted octanol–water partition coefficient (Wildman–Crippen LogP) is 3.11. The van der Waals surface area contributed by atoms with Gasteiger partial charge in [0, 0.05) is 5.56 Å². The van der Waals surface area contributed by atoms with E-state index in [0.717, 1.165) is 17.7 Å². The second kappa shape index (κ2) is 6.70. The minimum atomic E-state index is -0.306. The lowest BCUT2D eigenvalue weighted by Gasteiger charge is -2.04. The number of hydrazone groups is 1. The van der Waals surface area contributed by atoms with E-state index in [1.54, 1.807) is 12.1 Å². The number of aryl methyl sites for hydroxylation is 1. The van der Waals surface area contributed by atoms with Crippen molar-refractivity contribution >= 4 is 11.6 Å². The fourth-order valence-electron chi connectivity index (χ4n) is 1.86. The van der Waals surface area contributed by atoms with Gasteiger partial charge in [0.1, 0.15) is 5.75 Å². The van der Waals surface area contributed by atoms with Crippen molar-refractivity contribution < 1.29 is 9.90 Å². The lowest BCUT2D eigenvalue weighted by molar-refractivity contribution is 0.0955. The highest BCUT2D eigenvalue weighted by molar-refractivity contribution is 6.00. The number of nitrogens with one attached hydrogen (secondary N) is 1. The second-order valence-corrected chi connectivity index (χ2v) is 4.74. The molecule has 0 radical (unpaired) electrons. The standard InChI is InChI=1S/C17H18N2O2/c1-3-13-4-6-14(7-5-13)12(2)18-19-17(21)15-8-10-16(20)11-9-15/h4-11,20H,3H2,1-2H3,(H,19,21)/b18-12-. The van der Waals surface area contributed by atoms with Crippen LogP contribution in [0, 0.1) is 0 Å². The van der Waals surface area contributed by atoms with E-state index in [4.69, 9.17) is 0 Å². The molecule has 2 aromatic carbocycles. The molecule has 108 valence electrons. The Bertz CT molecular complexity index is 643. The number of nitrogens with zero attached hydrogens (tertiary/aromatic N) is 1. The van der Waals surface area contributed by atoms with Crippen LogP contribution >= 0.6 is 0 Å². The molecule has 21 heavy (non-hydrogen) atoms. The first-order valence-electron chi connectivity index (χ1n) is 6.83. The Morgan fingerprint density at radius 3 is 2.19 bits per heavy atom. The molecule has 1 amide bonds. The van der Waals surface area contributed by atoms with Crippen molar-refractivity contribution in [3.8, 4) is 5.75 Å². The van der Waals surface area contributed by atoms with Gasteiger partial charge in [0.25, 0.3) is 5.91 Å². The largest absolute Gasteiger partial charge is 0.508 e. The highest BCUT2D eigenvalue weighted by Gasteiger charge is 2.04. The summed E-state index contributed by atoms with van der Waals surface area (Å²) < 4.78 is 0. The summed E-state index contributed by atoms with van der Waals surface area (Å²) in [6.45, 7) is 3.95. The number of hydrogen-bond donors (Lipinski definition) is 2. The predicted molar refractivity (Wildman–Crippen MR) is 83.6 cm³/mol. The van der Waals surface area contributed by atoms with E-state index in [0.29, 0.717) is 5.56 Å². The number of phenols is 1. The third-order valence-electron chi connectivity index (χ3n) is 3.23. The molecule has 4 nitrogen and oxygen atoms in total. The van der Waals surface area contributed by atoms with Crippen LogP contribution in [0.15, 0.2) is 53.6 Å². The van der Waals surface area contributed by atoms with Gasteiger partial charge in [-0.1, -0.05) is 31.2 Å². The smallest absolute Gasteiger partial charge is 0.271 e. The second-order valence-electron chi connectivity index (χ2n) is 4.74. The summed E-state index contributed by atoms with van der Waals surface area (Å²) in [5, 5.41) is 13.3. The summed E-state index contributed by atoms with van der Waals surface area (Å²) in [5.74, 6) is -0.179. The SMILES string of the molecule is CCc1ccc(/C(C)=N\NC(=O)c2ccc(O)cc2)cc1. The van der Waals surface area contributed by atoms with Gasteiger partial charge in [0.15, 0.2) is 0 Å². The molecule has 0 bridgehead atoms. The molecule has 0 heterocycles. The Morgan fingerprint density at radius 2 is 1.62 bits per heavy atom. The van der Waals surface area contributed by atoms with Crippen LogP contribution in [0.1, 0.15) is 35.3 Å². The van der Waals surface area contributed by atoms with E-state index in [1.807, 2.05) is 19.1 Å². The molecule has 0 atom stereocenters. The number of amides is 1. The van der Waals surface area contributed by atoms with Crippen LogP contribution in [0.2, 0.25) is 0 Å². The summed E-state index contributed by atoms with van der Waals surface area (Å²) >= 11 is 0.